The highest BCUT2D eigenvalue weighted by atomic mass is 35.5. The monoisotopic (exact) mass is 302 g/mol. The minimum Gasteiger partial charge on any atom is -0.486 e. The van der Waals surface area contributed by atoms with E-state index in [2.05, 4.69) is 10.6 Å². The van der Waals surface area contributed by atoms with Crippen LogP contribution >= 0.6 is 12.4 Å². The third-order valence-electron chi connectivity index (χ3n) is 2.59. The Hall–Kier alpha value is -1.50. The molecule has 6 nitrogen and oxygen atoms in total. The molecule has 0 bridgehead atoms. The van der Waals surface area contributed by atoms with Gasteiger partial charge in [-0.2, -0.15) is 0 Å². The number of carbonyl (C=O) groups is 1. The summed E-state index contributed by atoms with van der Waals surface area (Å²) >= 11 is 0. The van der Waals surface area contributed by atoms with E-state index in [0.29, 0.717) is 43.6 Å². The van der Waals surface area contributed by atoms with E-state index < -0.39 is 0 Å². The number of ether oxygens (including phenoxy) is 3. The van der Waals surface area contributed by atoms with Crippen molar-refractivity contribution in [2.45, 2.75) is 0 Å². The molecule has 1 heterocycles. The molecule has 0 radical (unpaired) electrons. The largest absolute Gasteiger partial charge is 0.486 e. The molecule has 2 rings (SSSR count). The fraction of sp³-hybridized carbons (Fsp3) is 0.462. The first-order chi connectivity index (χ1) is 9.29. The van der Waals surface area contributed by atoms with Crippen molar-refractivity contribution in [1.29, 1.82) is 0 Å². The Morgan fingerprint density at radius 1 is 1.30 bits per heavy atom. The van der Waals surface area contributed by atoms with Crippen molar-refractivity contribution in [3.05, 3.63) is 18.2 Å². The zero-order chi connectivity index (χ0) is 13.5. The molecule has 0 aromatic heterocycles. The summed E-state index contributed by atoms with van der Waals surface area (Å²) in [6, 6.07) is 5.35. The van der Waals surface area contributed by atoms with Gasteiger partial charge in [0.25, 0.3) is 0 Å². The molecule has 1 amide bonds. The van der Waals surface area contributed by atoms with Crippen LogP contribution in [-0.2, 0) is 9.53 Å². The smallest absolute Gasteiger partial charge is 0.238 e. The van der Waals surface area contributed by atoms with Gasteiger partial charge in [-0.05, 0) is 12.1 Å². The van der Waals surface area contributed by atoms with Crippen LogP contribution in [0.4, 0.5) is 5.69 Å². The average Bonchev–Trinajstić information content (AvgIpc) is 2.43. The number of carbonyl (C=O) groups excluding carboxylic acids is 1. The number of fused-ring (bicyclic) bond motifs is 1. The van der Waals surface area contributed by atoms with Gasteiger partial charge in [-0.3, -0.25) is 4.79 Å². The number of nitrogens with one attached hydrogen (secondary N) is 2. The number of hydrogen-bond acceptors (Lipinski definition) is 5. The summed E-state index contributed by atoms with van der Waals surface area (Å²) in [7, 11) is 1.62. The molecule has 0 saturated carbocycles. The summed E-state index contributed by atoms with van der Waals surface area (Å²) in [6.07, 6.45) is 0. The van der Waals surface area contributed by atoms with Gasteiger partial charge in [0.1, 0.15) is 13.2 Å². The summed E-state index contributed by atoms with van der Waals surface area (Å²) in [5.74, 6) is 1.27. The number of rotatable bonds is 6. The molecule has 1 aromatic carbocycles. The van der Waals surface area contributed by atoms with Crippen LogP contribution in [0.25, 0.3) is 0 Å². The fourth-order valence-electron chi connectivity index (χ4n) is 1.70. The highest BCUT2D eigenvalue weighted by molar-refractivity contribution is 5.92. The number of benzene rings is 1. The van der Waals surface area contributed by atoms with Crippen molar-refractivity contribution in [2.24, 2.45) is 0 Å². The lowest BCUT2D eigenvalue weighted by atomic mass is 10.2. The summed E-state index contributed by atoms with van der Waals surface area (Å²) in [5, 5.41) is 5.77. The van der Waals surface area contributed by atoms with Crippen LogP contribution in [-0.4, -0.2) is 45.9 Å². The molecule has 0 atom stereocenters. The number of halogens is 1. The highest BCUT2D eigenvalue weighted by Crippen LogP contribution is 2.32. The van der Waals surface area contributed by atoms with Crippen LogP contribution in [0.5, 0.6) is 11.5 Å². The lowest BCUT2D eigenvalue weighted by Gasteiger charge is -2.19. The molecule has 0 spiro atoms. The van der Waals surface area contributed by atoms with Crippen molar-refractivity contribution in [1.82, 2.24) is 5.32 Å². The topological polar surface area (TPSA) is 68.8 Å². The molecule has 0 saturated heterocycles. The third-order valence-corrected chi connectivity index (χ3v) is 2.59. The van der Waals surface area contributed by atoms with Crippen molar-refractivity contribution in [2.75, 3.05) is 45.3 Å². The molecule has 1 aliphatic heterocycles. The van der Waals surface area contributed by atoms with Gasteiger partial charge in [0.05, 0.1) is 13.2 Å². The Labute approximate surface area is 124 Å². The normalized spacial score (nSPS) is 12.4. The summed E-state index contributed by atoms with van der Waals surface area (Å²) in [6.45, 7) is 2.56. The van der Waals surface area contributed by atoms with E-state index in [9.17, 15) is 4.79 Å². The Morgan fingerprint density at radius 2 is 2.05 bits per heavy atom. The van der Waals surface area contributed by atoms with Gasteiger partial charge in [0.15, 0.2) is 11.5 Å². The molecule has 0 fully saturated rings. The number of methoxy groups -OCH3 is 1. The second kappa shape index (κ2) is 8.63. The first-order valence-corrected chi connectivity index (χ1v) is 6.19. The molecular formula is C13H19ClN2O4. The van der Waals surface area contributed by atoms with Crippen molar-refractivity contribution in [3.8, 4) is 11.5 Å². The average molecular weight is 303 g/mol. The first-order valence-electron chi connectivity index (χ1n) is 6.19. The van der Waals surface area contributed by atoms with Gasteiger partial charge in [-0.1, -0.05) is 0 Å². The maximum absolute atomic E-state index is 11.7. The van der Waals surface area contributed by atoms with Gasteiger partial charge in [0, 0.05) is 25.4 Å². The van der Waals surface area contributed by atoms with Gasteiger partial charge < -0.3 is 24.8 Å². The van der Waals surface area contributed by atoms with Crippen LogP contribution in [0.3, 0.4) is 0 Å². The van der Waals surface area contributed by atoms with E-state index in [1.54, 1.807) is 25.3 Å². The van der Waals surface area contributed by atoms with Crippen LogP contribution in [0.1, 0.15) is 0 Å². The molecule has 0 unspecified atom stereocenters. The summed E-state index contributed by atoms with van der Waals surface area (Å²) in [5.41, 5.74) is 0.697. The quantitative estimate of drug-likeness (QED) is 0.769. The lowest BCUT2D eigenvalue weighted by Crippen LogP contribution is -2.30. The number of amides is 1. The molecule has 2 N–H and O–H groups in total. The molecule has 1 aliphatic rings. The van der Waals surface area contributed by atoms with Crippen LogP contribution in [0.15, 0.2) is 18.2 Å². The maximum Gasteiger partial charge on any atom is 0.238 e. The maximum atomic E-state index is 11.7. The van der Waals surface area contributed by atoms with Crippen LogP contribution in [0.2, 0.25) is 0 Å². The van der Waals surface area contributed by atoms with Crippen molar-refractivity contribution >= 4 is 24.0 Å². The number of hydrogen-bond donors (Lipinski definition) is 2. The highest BCUT2D eigenvalue weighted by Gasteiger charge is 2.12. The van der Waals surface area contributed by atoms with Crippen molar-refractivity contribution < 1.29 is 19.0 Å². The van der Waals surface area contributed by atoms with E-state index in [1.165, 1.54) is 0 Å². The van der Waals surface area contributed by atoms with E-state index in [0.717, 1.165) is 0 Å². The lowest BCUT2D eigenvalue weighted by molar-refractivity contribution is -0.115. The standard InChI is InChI=1S/C13H18N2O4.ClH/c1-17-5-4-14-9-13(16)15-10-2-3-11-12(8-10)19-7-6-18-11;/h2-3,8,14H,4-7,9H2,1H3,(H,15,16);1H. The zero-order valence-corrected chi connectivity index (χ0v) is 12.1. The van der Waals surface area contributed by atoms with Crippen LogP contribution in [0, 0.1) is 0 Å². The van der Waals surface area contributed by atoms with E-state index in [4.69, 9.17) is 14.2 Å². The van der Waals surface area contributed by atoms with Gasteiger partial charge in [0.2, 0.25) is 5.91 Å². The van der Waals surface area contributed by atoms with Gasteiger partial charge in [-0.15, -0.1) is 12.4 Å². The van der Waals surface area contributed by atoms with Crippen LogP contribution < -0.4 is 20.1 Å². The molecule has 112 valence electrons. The molecular weight excluding hydrogens is 284 g/mol. The minimum absolute atomic E-state index is 0. The molecule has 0 aliphatic carbocycles. The van der Waals surface area contributed by atoms with E-state index >= 15 is 0 Å². The van der Waals surface area contributed by atoms with E-state index in [1.807, 2.05) is 0 Å². The van der Waals surface area contributed by atoms with Gasteiger partial charge in [-0.25, -0.2) is 0 Å². The van der Waals surface area contributed by atoms with Crippen molar-refractivity contribution in [3.63, 3.8) is 0 Å². The fourth-order valence-corrected chi connectivity index (χ4v) is 1.70. The summed E-state index contributed by atoms with van der Waals surface area (Å²) < 4.78 is 15.7. The Bertz CT molecular complexity index is 442. The SMILES string of the molecule is COCCNCC(=O)Nc1ccc2c(c1)OCCO2.Cl. The molecule has 7 heteroatoms. The second-order valence-electron chi connectivity index (χ2n) is 4.08. The van der Waals surface area contributed by atoms with E-state index in [-0.39, 0.29) is 24.9 Å². The molecule has 20 heavy (non-hydrogen) atoms. The Kier molecular flexibility index (Phi) is 7.14. The summed E-state index contributed by atoms with van der Waals surface area (Å²) in [4.78, 5) is 11.7. The predicted octanol–water partition coefficient (Wildman–Crippen LogP) is 1.05. The third kappa shape index (κ3) is 4.88. The second-order valence-corrected chi connectivity index (χ2v) is 4.08. The predicted molar refractivity (Wildman–Crippen MR) is 78.1 cm³/mol. The molecule has 1 aromatic rings. The minimum atomic E-state index is -0.104. The number of anilines is 1. The Morgan fingerprint density at radius 3 is 2.80 bits per heavy atom. The first kappa shape index (κ1) is 16.6. The van der Waals surface area contributed by atoms with Gasteiger partial charge >= 0.3 is 0 Å². The zero-order valence-electron chi connectivity index (χ0n) is 11.3. The Balaban J connectivity index is 0.00000200.